The van der Waals surface area contributed by atoms with Crippen molar-refractivity contribution < 1.29 is 14.0 Å². The van der Waals surface area contributed by atoms with Gasteiger partial charge in [0.1, 0.15) is 0 Å². The molecular formula is C17H19N3O3. The standard InChI is InChI=1S/C17H19N3O3/c1-2-7-14(13-8-4-3-5-9-13)19-20-16(21)12-18-17(22)15-10-6-11-23-15/h3-11,19H,2,12H2,1H3,(H,18,22)(H,20,21). The zero-order valence-corrected chi connectivity index (χ0v) is 12.8. The lowest BCUT2D eigenvalue weighted by Gasteiger charge is -2.13. The van der Waals surface area contributed by atoms with Gasteiger partial charge in [-0.3, -0.25) is 20.4 Å². The average Bonchev–Trinajstić information content (AvgIpc) is 3.12. The zero-order valence-electron chi connectivity index (χ0n) is 12.8. The van der Waals surface area contributed by atoms with Gasteiger partial charge in [0, 0.05) is 0 Å². The Hall–Kier alpha value is -3.02. The molecule has 6 heteroatoms. The molecule has 0 bridgehead atoms. The summed E-state index contributed by atoms with van der Waals surface area (Å²) < 4.78 is 4.95. The summed E-state index contributed by atoms with van der Waals surface area (Å²) >= 11 is 0. The van der Waals surface area contributed by atoms with Crippen molar-refractivity contribution in [1.82, 2.24) is 16.2 Å². The summed E-state index contributed by atoms with van der Waals surface area (Å²) in [4.78, 5) is 23.5. The third-order valence-electron chi connectivity index (χ3n) is 2.98. The first-order valence-corrected chi connectivity index (χ1v) is 7.33. The van der Waals surface area contributed by atoms with Crippen LogP contribution >= 0.6 is 0 Å². The molecule has 1 heterocycles. The molecule has 1 aromatic carbocycles. The number of hydrazine groups is 1. The van der Waals surface area contributed by atoms with Crippen LogP contribution in [0.2, 0.25) is 0 Å². The number of hydrogen-bond acceptors (Lipinski definition) is 4. The number of carbonyl (C=O) groups is 2. The van der Waals surface area contributed by atoms with E-state index in [1.807, 2.05) is 43.3 Å². The number of allylic oxidation sites excluding steroid dienone is 1. The van der Waals surface area contributed by atoms with E-state index in [4.69, 9.17) is 4.42 Å². The highest BCUT2D eigenvalue weighted by Gasteiger charge is 2.10. The van der Waals surface area contributed by atoms with E-state index >= 15 is 0 Å². The van der Waals surface area contributed by atoms with Crippen molar-refractivity contribution in [3.8, 4) is 0 Å². The molecule has 0 spiro atoms. The smallest absolute Gasteiger partial charge is 0.287 e. The van der Waals surface area contributed by atoms with Gasteiger partial charge in [0.25, 0.3) is 11.8 Å². The Morgan fingerprint density at radius 3 is 2.52 bits per heavy atom. The van der Waals surface area contributed by atoms with Gasteiger partial charge in [-0.1, -0.05) is 43.3 Å². The first kappa shape index (κ1) is 16.4. The maximum Gasteiger partial charge on any atom is 0.287 e. The van der Waals surface area contributed by atoms with E-state index in [1.54, 1.807) is 6.07 Å². The molecule has 0 saturated carbocycles. The van der Waals surface area contributed by atoms with Gasteiger partial charge in [-0.15, -0.1) is 0 Å². The Bertz CT molecular complexity index is 664. The van der Waals surface area contributed by atoms with Crippen molar-refractivity contribution in [2.75, 3.05) is 6.54 Å². The predicted molar refractivity (Wildman–Crippen MR) is 87.0 cm³/mol. The molecular weight excluding hydrogens is 294 g/mol. The molecule has 120 valence electrons. The Morgan fingerprint density at radius 1 is 1.09 bits per heavy atom. The molecule has 23 heavy (non-hydrogen) atoms. The molecule has 0 atom stereocenters. The summed E-state index contributed by atoms with van der Waals surface area (Å²) in [6.07, 6.45) is 4.19. The Balaban J connectivity index is 1.83. The number of benzene rings is 1. The molecule has 0 saturated heterocycles. The topological polar surface area (TPSA) is 83.4 Å². The van der Waals surface area contributed by atoms with Gasteiger partial charge in [0.05, 0.1) is 18.5 Å². The van der Waals surface area contributed by atoms with Crippen LogP contribution in [0.1, 0.15) is 29.5 Å². The molecule has 2 amide bonds. The molecule has 2 aromatic rings. The van der Waals surface area contributed by atoms with E-state index in [9.17, 15) is 9.59 Å². The normalized spacial score (nSPS) is 10.9. The van der Waals surface area contributed by atoms with Gasteiger partial charge in [0.15, 0.2) is 5.76 Å². The highest BCUT2D eigenvalue weighted by Crippen LogP contribution is 2.10. The largest absolute Gasteiger partial charge is 0.459 e. The lowest BCUT2D eigenvalue weighted by Crippen LogP contribution is -2.43. The van der Waals surface area contributed by atoms with Crippen molar-refractivity contribution >= 4 is 17.5 Å². The fourth-order valence-corrected chi connectivity index (χ4v) is 1.90. The van der Waals surface area contributed by atoms with Gasteiger partial charge in [0.2, 0.25) is 0 Å². The fourth-order valence-electron chi connectivity index (χ4n) is 1.90. The Labute approximate surface area is 134 Å². The fraction of sp³-hybridized carbons (Fsp3) is 0.176. The van der Waals surface area contributed by atoms with Gasteiger partial charge >= 0.3 is 0 Å². The lowest BCUT2D eigenvalue weighted by atomic mass is 10.1. The first-order chi connectivity index (χ1) is 11.2. The minimum Gasteiger partial charge on any atom is -0.459 e. The number of nitrogens with one attached hydrogen (secondary N) is 3. The van der Waals surface area contributed by atoms with Crippen LogP contribution in [-0.2, 0) is 4.79 Å². The van der Waals surface area contributed by atoms with Crippen LogP contribution in [0.4, 0.5) is 0 Å². The molecule has 1 aromatic heterocycles. The van der Waals surface area contributed by atoms with Crippen molar-refractivity contribution in [3.63, 3.8) is 0 Å². The summed E-state index contributed by atoms with van der Waals surface area (Å²) in [5.41, 5.74) is 7.22. The van der Waals surface area contributed by atoms with Crippen LogP contribution in [0, 0.1) is 0 Å². The summed E-state index contributed by atoms with van der Waals surface area (Å²) in [6.45, 7) is 1.86. The second-order valence-electron chi connectivity index (χ2n) is 4.73. The average molecular weight is 313 g/mol. The quantitative estimate of drug-likeness (QED) is 0.683. The van der Waals surface area contributed by atoms with E-state index < -0.39 is 5.91 Å². The SMILES string of the molecule is CCC=C(NNC(=O)CNC(=O)c1ccco1)c1ccccc1. The summed E-state index contributed by atoms with van der Waals surface area (Å²) in [6, 6.07) is 12.8. The van der Waals surface area contributed by atoms with Crippen LogP contribution in [0.15, 0.2) is 59.2 Å². The minimum atomic E-state index is -0.433. The Morgan fingerprint density at radius 2 is 1.87 bits per heavy atom. The molecule has 3 N–H and O–H groups in total. The van der Waals surface area contributed by atoms with Crippen LogP contribution < -0.4 is 16.2 Å². The molecule has 2 rings (SSSR count). The van der Waals surface area contributed by atoms with Gasteiger partial charge in [-0.2, -0.15) is 0 Å². The highest BCUT2D eigenvalue weighted by molar-refractivity contribution is 5.94. The van der Waals surface area contributed by atoms with Crippen LogP contribution in [-0.4, -0.2) is 18.4 Å². The molecule has 0 aliphatic heterocycles. The van der Waals surface area contributed by atoms with Crippen LogP contribution in [0.5, 0.6) is 0 Å². The molecule has 0 aliphatic rings. The number of amides is 2. The second-order valence-corrected chi connectivity index (χ2v) is 4.73. The Kier molecular flexibility index (Phi) is 5.99. The monoisotopic (exact) mass is 313 g/mol. The van der Waals surface area contributed by atoms with Crippen molar-refractivity contribution in [3.05, 3.63) is 66.1 Å². The van der Waals surface area contributed by atoms with Gasteiger partial charge in [-0.05, 0) is 24.1 Å². The van der Waals surface area contributed by atoms with Crippen molar-refractivity contribution in [1.29, 1.82) is 0 Å². The first-order valence-electron chi connectivity index (χ1n) is 7.33. The van der Waals surface area contributed by atoms with E-state index in [-0.39, 0.29) is 18.2 Å². The number of rotatable bonds is 7. The lowest BCUT2D eigenvalue weighted by molar-refractivity contribution is -0.120. The van der Waals surface area contributed by atoms with Crippen LogP contribution in [0.25, 0.3) is 5.70 Å². The third kappa shape index (κ3) is 5.03. The van der Waals surface area contributed by atoms with E-state index in [1.165, 1.54) is 12.3 Å². The van der Waals surface area contributed by atoms with E-state index in [0.717, 1.165) is 17.7 Å². The summed E-state index contributed by atoms with van der Waals surface area (Å²) in [5.74, 6) is -0.623. The minimum absolute atomic E-state index is 0.152. The van der Waals surface area contributed by atoms with Crippen molar-refractivity contribution in [2.24, 2.45) is 0 Å². The number of furan rings is 1. The molecule has 0 aliphatic carbocycles. The number of carbonyl (C=O) groups excluding carboxylic acids is 2. The van der Waals surface area contributed by atoms with Crippen molar-refractivity contribution in [2.45, 2.75) is 13.3 Å². The van der Waals surface area contributed by atoms with Crippen LogP contribution in [0.3, 0.4) is 0 Å². The molecule has 6 nitrogen and oxygen atoms in total. The number of hydrogen-bond donors (Lipinski definition) is 3. The third-order valence-corrected chi connectivity index (χ3v) is 2.98. The summed E-state index contributed by atoms with van der Waals surface area (Å²) in [7, 11) is 0. The zero-order chi connectivity index (χ0) is 16.5. The molecule has 0 unspecified atom stereocenters. The van der Waals surface area contributed by atoms with Gasteiger partial charge in [-0.25, -0.2) is 0 Å². The highest BCUT2D eigenvalue weighted by atomic mass is 16.3. The van der Waals surface area contributed by atoms with E-state index in [0.29, 0.717) is 0 Å². The summed E-state index contributed by atoms with van der Waals surface area (Å²) in [5, 5.41) is 2.48. The maximum atomic E-state index is 11.8. The molecule has 0 radical (unpaired) electrons. The second kappa shape index (κ2) is 8.43. The maximum absolute atomic E-state index is 11.8. The van der Waals surface area contributed by atoms with Gasteiger partial charge < -0.3 is 9.73 Å². The van der Waals surface area contributed by atoms with E-state index in [2.05, 4.69) is 16.2 Å². The molecule has 0 fully saturated rings. The predicted octanol–water partition coefficient (Wildman–Crippen LogP) is 2.08.